The molecule has 1 amide bonds. The van der Waals surface area contributed by atoms with Gasteiger partial charge in [0, 0.05) is 18.0 Å². The summed E-state index contributed by atoms with van der Waals surface area (Å²) in [5.74, 6) is -1.09. The van der Waals surface area contributed by atoms with Crippen LogP contribution in [0.25, 0.3) is 17.2 Å². The van der Waals surface area contributed by atoms with Crippen LogP contribution in [0.2, 0.25) is 0 Å². The first kappa shape index (κ1) is 22.3. The molecule has 4 rings (SSSR count). The maximum atomic E-state index is 14.1. The van der Waals surface area contributed by atoms with Crippen molar-refractivity contribution in [2.45, 2.75) is 12.3 Å². The quantitative estimate of drug-likeness (QED) is 0.382. The molecular weight excluding hydrogens is 421 g/mol. The molecule has 1 aliphatic rings. The smallest absolute Gasteiger partial charge is 0.407 e. The zero-order valence-electron chi connectivity index (χ0n) is 18.2. The molecule has 1 N–H and O–H groups in total. The Kier molecular flexibility index (Phi) is 6.83. The third kappa shape index (κ3) is 4.95. The number of hydrogen-bond acceptors (Lipinski definition) is 4. The fourth-order valence-corrected chi connectivity index (χ4v) is 4.02. The SMILES string of the molecule is COC(=O)c1ccc(C=CCCNC(=O)OCC2c3ccccc3-c3ccccc32)c(F)c1. The number of amides is 1. The Labute approximate surface area is 191 Å². The maximum Gasteiger partial charge on any atom is 0.407 e. The lowest BCUT2D eigenvalue weighted by molar-refractivity contribution is 0.0600. The number of rotatable bonds is 7. The highest BCUT2D eigenvalue weighted by molar-refractivity contribution is 5.89. The van der Waals surface area contributed by atoms with Crippen molar-refractivity contribution in [1.29, 1.82) is 0 Å². The van der Waals surface area contributed by atoms with Crippen molar-refractivity contribution in [2.24, 2.45) is 0 Å². The fraction of sp³-hybridized carbons (Fsp3) is 0.185. The first-order valence-electron chi connectivity index (χ1n) is 10.7. The molecule has 0 unspecified atom stereocenters. The number of methoxy groups -OCH3 is 1. The molecule has 33 heavy (non-hydrogen) atoms. The summed E-state index contributed by atoms with van der Waals surface area (Å²) in [6.07, 6.45) is 3.37. The summed E-state index contributed by atoms with van der Waals surface area (Å²) in [4.78, 5) is 23.6. The van der Waals surface area contributed by atoms with Gasteiger partial charge in [0.1, 0.15) is 12.4 Å². The molecule has 1 aliphatic carbocycles. The third-order valence-corrected chi connectivity index (χ3v) is 5.64. The molecule has 0 aliphatic heterocycles. The van der Waals surface area contributed by atoms with Crippen LogP contribution in [-0.2, 0) is 9.47 Å². The zero-order valence-corrected chi connectivity index (χ0v) is 18.2. The van der Waals surface area contributed by atoms with Gasteiger partial charge in [0.2, 0.25) is 0 Å². The van der Waals surface area contributed by atoms with Gasteiger partial charge in [-0.15, -0.1) is 0 Å². The number of esters is 1. The van der Waals surface area contributed by atoms with E-state index in [1.54, 1.807) is 12.2 Å². The van der Waals surface area contributed by atoms with E-state index >= 15 is 0 Å². The highest BCUT2D eigenvalue weighted by Crippen LogP contribution is 2.44. The van der Waals surface area contributed by atoms with Gasteiger partial charge in [0.25, 0.3) is 0 Å². The van der Waals surface area contributed by atoms with Crippen molar-refractivity contribution in [3.05, 3.63) is 101 Å². The Bertz CT molecular complexity index is 1160. The number of benzene rings is 3. The van der Waals surface area contributed by atoms with Crippen LogP contribution in [0.3, 0.4) is 0 Å². The van der Waals surface area contributed by atoms with Gasteiger partial charge in [0.15, 0.2) is 0 Å². The van der Waals surface area contributed by atoms with E-state index in [-0.39, 0.29) is 18.1 Å². The van der Waals surface area contributed by atoms with Crippen LogP contribution in [0.1, 0.15) is 39.4 Å². The molecule has 0 heterocycles. The molecule has 0 fully saturated rings. The van der Waals surface area contributed by atoms with E-state index < -0.39 is 17.9 Å². The molecule has 0 atom stereocenters. The summed E-state index contributed by atoms with van der Waals surface area (Å²) >= 11 is 0. The van der Waals surface area contributed by atoms with Gasteiger partial charge in [-0.1, -0.05) is 66.7 Å². The van der Waals surface area contributed by atoms with E-state index in [4.69, 9.17) is 4.74 Å². The molecule has 3 aromatic rings. The van der Waals surface area contributed by atoms with E-state index in [9.17, 15) is 14.0 Å². The minimum absolute atomic E-state index is 0.0129. The first-order valence-corrected chi connectivity index (χ1v) is 10.7. The number of fused-ring (bicyclic) bond motifs is 3. The molecule has 3 aromatic carbocycles. The van der Waals surface area contributed by atoms with Crippen molar-refractivity contribution >= 4 is 18.1 Å². The largest absolute Gasteiger partial charge is 0.465 e. The summed E-state index contributed by atoms with van der Waals surface area (Å²) in [5, 5.41) is 2.72. The lowest BCUT2D eigenvalue weighted by Gasteiger charge is -2.14. The Balaban J connectivity index is 1.26. The third-order valence-electron chi connectivity index (χ3n) is 5.64. The summed E-state index contributed by atoms with van der Waals surface area (Å²) in [5.41, 5.74) is 5.19. The molecule has 0 radical (unpaired) electrons. The number of halogens is 1. The van der Waals surface area contributed by atoms with Crippen LogP contribution < -0.4 is 5.32 Å². The number of ether oxygens (including phenoxy) is 2. The maximum absolute atomic E-state index is 14.1. The number of hydrogen-bond donors (Lipinski definition) is 1. The van der Waals surface area contributed by atoms with Crippen molar-refractivity contribution in [2.75, 3.05) is 20.3 Å². The Morgan fingerprint density at radius 1 is 1.00 bits per heavy atom. The Morgan fingerprint density at radius 2 is 1.67 bits per heavy atom. The predicted molar refractivity (Wildman–Crippen MR) is 124 cm³/mol. The van der Waals surface area contributed by atoms with E-state index in [0.717, 1.165) is 17.2 Å². The van der Waals surface area contributed by atoms with Gasteiger partial charge in [-0.05, 0) is 40.8 Å². The minimum Gasteiger partial charge on any atom is -0.465 e. The summed E-state index contributed by atoms with van der Waals surface area (Å²) in [7, 11) is 1.25. The van der Waals surface area contributed by atoms with Crippen molar-refractivity contribution < 1.29 is 23.5 Å². The summed E-state index contributed by atoms with van der Waals surface area (Å²) in [6, 6.07) is 20.5. The van der Waals surface area contributed by atoms with Crippen molar-refractivity contribution in [3.63, 3.8) is 0 Å². The van der Waals surface area contributed by atoms with Gasteiger partial charge in [-0.25, -0.2) is 14.0 Å². The summed E-state index contributed by atoms with van der Waals surface area (Å²) in [6.45, 7) is 0.614. The minimum atomic E-state index is -0.586. The standard InChI is InChI=1S/C27H24FNO4/c1-32-26(30)19-14-13-18(25(28)16-19)8-6-7-15-29-27(31)33-17-24-22-11-4-2-9-20(22)21-10-3-5-12-23(21)24/h2-6,8-14,16,24H,7,15,17H2,1H3,(H,29,31). The highest BCUT2D eigenvalue weighted by atomic mass is 19.1. The molecule has 0 saturated carbocycles. The lowest BCUT2D eigenvalue weighted by atomic mass is 9.98. The zero-order chi connectivity index (χ0) is 23.2. The second kappa shape index (κ2) is 10.1. The van der Waals surface area contributed by atoms with Gasteiger partial charge < -0.3 is 14.8 Å². The van der Waals surface area contributed by atoms with Gasteiger partial charge >= 0.3 is 12.1 Å². The highest BCUT2D eigenvalue weighted by Gasteiger charge is 2.28. The van der Waals surface area contributed by atoms with Crippen LogP contribution >= 0.6 is 0 Å². The normalized spacial score (nSPS) is 12.3. The molecular formula is C27H24FNO4. The molecule has 6 heteroatoms. The van der Waals surface area contributed by atoms with Gasteiger partial charge in [-0.2, -0.15) is 0 Å². The summed E-state index contributed by atoms with van der Waals surface area (Å²) < 4.78 is 24.2. The average molecular weight is 445 g/mol. The van der Waals surface area contributed by atoms with Gasteiger partial charge in [-0.3, -0.25) is 0 Å². The number of alkyl carbamates (subject to hydrolysis) is 1. The Hall–Kier alpha value is -3.93. The molecule has 0 spiro atoms. The van der Waals surface area contributed by atoms with Crippen molar-refractivity contribution in [1.82, 2.24) is 5.32 Å². The number of carbonyl (C=O) groups is 2. The fourth-order valence-electron chi connectivity index (χ4n) is 4.02. The Morgan fingerprint density at radius 3 is 2.30 bits per heavy atom. The second-order valence-electron chi connectivity index (χ2n) is 7.67. The van der Waals surface area contributed by atoms with Crippen LogP contribution in [-0.4, -0.2) is 32.3 Å². The molecule has 5 nitrogen and oxygen atoms in total. The molecule has 168 valence electrons. The monoisotopic (exact) mass is 445 g/mol. The lowest BCUT2D eigenvalue weighted by Crippen LogP contribution is -2.26. The second-order valence-corrected chi connectivity index (χ2v) is 7.67. The van der Waals surface area contributed by atoms with E-state index in [0.29, 0.717) is 18.5 Å². The van der Waals surface area contributed by atoms with Crippen LogP contribution in [0.5, 0.6) is 0 Å². The first-order chi connectivity index (χ1) is 16.1. The van der Waals surface area contributed by atoms with Crippen LogP contribution in [0, 0.1) is 5.82 Å². The molecule has 0 aromatic heterocycles. The molecule has 0 bridgehead atoms. The van der Waals surface area contributed by atoms with E-state index in [1.165, 1.54) is 30.4 Å². The topological polar surface area (TPSA) is 64.6 Å². The van der Waals surface area contributed by atoms with Crippen LogP contribution in [0.15, 0.2) is 72.8 Å². The van der Waals surface area contributed by atoms with E-state index in [1.807, 2.05) is 24.3 Å². The van der Waals surface area contributed by atoms with Gasteiger partial charge in [0.05, 0.1) is 12.7 Å². The predicted octanol–water partition coefficient (Wildman–Crippen LogP) is 5.55. The van der Waals surface area contributed by atoms with Crippen LogP contribution in [0.4, 0.5) is 9.18 Å². The number of nitrogens with one attached hydrogen (secondary N) is 1. The molecule has 0 saturated heterocycles. The number of carbonyl (C=O) groups excluding carboxylic acids is 2. The van der Waals surface area contributed by atoms with E-state index in [2.05, 4.69) is 34.3 Å². The van der Waals surface area contributed by atoms with Crippen molar-refractivity contribution in [3.8, 4) is 11.1 Å². The average Bonchev–Trinajstić information content (AvgIpc) is 3.16.